The van der Waals surface area contributed by atoms with Crippen LogP contribution >= 0.6 is 0 Å². The van der Waals surface area contributed by atoms with Crippen molar-refractivity contribution >= 4 is 17.6 Å². The average molecular weight is 557 g/mol. The van der Waals surface area contributed by atoms with Gasteiger partial charge in [-0.05, 0) is 47.9 Å². The van der Waals surface area contributed by atoms with E-state index in [2.05, 4.69) is 10.2 Å². The lowest BCUT2D eigenvalue weighted by Gasteiger charge is -2.29. The zero-order chi connectivity index (χ0) is 28.2. The zero-order valence-corrected chi connectivity index (χ0v) is 23.0. The molecule has 3 aromatic rings. The van der Waals surface area contributed by atoms with Crippen LogP contribution in [0.5, 0.6) is 0 Å². The number of aliphatic hydroxyl groups is 1. The number of hydrogen-bond acceptors (Lipinski definition) is 7. The van der Waals surface area contributed by atoms with Gasteiger partial charge in [-0.15, -0.1) is 0 Å². The van der Waals surface area contributed by atoms with Crippen molar-refractivity contribution in [3.63, 3.8) is 0 Å². The van der Waals surface area contributed by atoms with Gasteiger partial charge >= 0.3 is 5.97 Å². The maximum Gasteiger partial charge on any atom is 0.347 e. The highest BCUT2D eigenvalue weighted by Crippen LogP contribution is 2.41. The number of fused-ring (bicyclic) bond motifs is 1. The van der Waals surface area contributed by atoms with Crippen LogP contribution in [-0.4, -0.2) is 60.8 Å². The minimum absolute atomic E-state index is 0.0175. The van der Waals surface area contributed by atoms with Crippen molar-refractivity contribution in [2.75, 3.05) is 38.2 Å². The van der Waals surface area contributed by atoms with Crippen LogP contribution in [0.1, 0.15) is 42.2 Å². The first-order valence-electron chi connectivity index (χ1n) is 14.4. The normalized spacial score (nSPS) is 22.9. The third kappa shape index (κ3) is 6.06. The molecule has 8 nitrogen and oxygen atoms in total. The van der Waals surface area contributed by atoms with Gasteiger partial charge in [0.1, 0.15) is 6.10 Å². The predicted molar refractivity (Wildman–Crippen MR) is 153 cm³/mol. The molecule has 2 heterocycles. The molecule has 1 aliphatic carbocycles. The predicted octanol–water partition coefficient (Wildman–Crippen LogP) is 4.25. The number of nitrogens with one attached hydrogen (secondary N) is 1. The van der Waals surface area contributed by atoms with E-state index in [1.807, 2.05) is 60.7 Å². The molecular weight excluding hydrogens is 520 g/mol. The molecule has 3 aromatic carbocycles. The summed E-state index contributed by atoms with van der Waals surface area (Å²) < 4.78 is 17.0. The molecule has 2 unspecified atom stereocenters. The van der Waals surface area contributed by atoms with Crippen LogP contribution in [0.4, 0.5) is 5.69 Å². The van der Waals surface area contributed by atoms with Crippen molar-refractivity contribution in [1.29, 1.82) is 0 Å². The van der Waals surface area contributed by atoms with Gasteiger partial charge in [-0.3, -0.25) is 4.79 Å². The number of anilines is 1. The van der Waals surface area contributed by atoms with E-state index in [0.717, 1.165) is 37.2 Å². The Morgan fingerprint density at radius 2 is 1.41 bits per heavy atom. The molecule has 3 fully saturated rings. The molecule has 8 heteroatoms. The summed E-state index contributed by atoms with van der Waals surface area (Å²) in [7, 11) is 0. The van der Waals surface area contributed by atoms with Gasteiger partial charge in [-0.1, -0.05) is 72.8 Å². The van der Waals surface area contributed by atoms with E-state index in [1.54, 1.807) is 24.3 Å². The Morgan fingerprint density at radius 3 is 1.98 bits per heavy atom. The number of rotatable bonds is 9. The van der Waals surface area contributed by atoms with E-state index in [9.17, 15) is 14.7 Å². The Hall–Kier alpha value is -3.56. The number of hydrogen-bond donors (Lipinski definition) is 2. The number of ether oxygens (including phenoxy) is 3. The van der Waals surface area contributed by atoms with Crippen molar-refractivity contribution in [1.82, 2.24) is 4.90 Å². The lowest BCUT2D eigenvalue weighted by atomic mass is 9.86. The second-order valence-corrected chi connectivity index (χ2v) is 11.2. The molecule has 1 amide bonds. The van der Waals surface area contributed by atoms with Gasteiger partial charge in [-0.2, -0.15) is 0 Å². The fourth-order valence-corrected chi connectivity index (χ4v) is 6.38. The molecular formula is C33H36N2O6. The number of carbonyl (C=O) groups excluding carboxylic acids is 2. The summed E-state index contributed by atoms with van der Waals surface area (Å²) in [6, 6.07) is 25.5. The Kier molecular flexibility index (Phi) is 8.16. The first-order chi connectivity index (χ1) is 20.0. The Labute approximate surface area is 240 Å². The van der Waals surface area contributed by atoms with E-state index < -0.39 is 11.6 Å². The molecule has 0 spiro atoms. The number of amides is 1. The average Bonchev–Trinajstić information content (AvgIpc) is 3.75. The van der Waals surface area contributed by atoms with Crippen LogP contribution in [0, 0.1) is 11.8 Å². The molecule has 0 aromatic heterocycles. The first kappa shape index (κ1) is 27.6. The number of nitrogens with zero attached hydrogens (tertiary/aromatic N) is 1. The second-order valence-electron chi connectivity index (χ2n) is 11.2. The van der Waals surface area contributed by atoms with Crippen LogP contribution in [-0.2, 0) is 29.4 Å². The zero-order valence-electron chi connectivity index (χ0n) is 23.0. The third-order valence-corrected chi connectivity index (χ3v) is 8.48. The van der Waals surface area contributed by atoms with Crippen LogP contribution in [0.3, 0.4) is 0 Å². The Bertz CT molecular complexity index is 1270. The molecule has 2 saturated heterocycles. The van der Waals surface area contributed by atoms with Gasteiger partial charge in [0, 0.05) is 37.3 Å². The van der Waals surface area contributed by atoms with Gasteiger partial charge in [0.25, 0.3) is 0 Å². The topological polar surface area (TPSA) is 97.3 Å². The summed E-state index contributed by atoms with van der Waals surface area (Å²) in [5.74, 6) is 0.163. The lowest BCUT2D eigenvalue weighted by Crippen LogP contribution is -2.40. The lowest BCUT2D eigenvalue weighted by molar-refractivity contribution is -0.168. The Balaban J connectivity index is 0.983. The molecule has 2 atom stereocenters. The van der Waals surface area contributed by atoms with Crippen LogP contribution in [0.25, 0.3) is 0 Å². The molecule has 41 heavy (non-hydrogen) atoms. The van der Waals surface area contributed by atoms with Crippen LogP contribution < -0.4 is 5.32 Å². The number of carbonyl (C=O) groups is 2. The van der Waals surface area contributed by atoms with Gasteiger partial charge in [0.05, 0.1) is 13.2 Å². The van der Waals surface area contributed by atoms with Crippen molar-refractivity contribution in [2.24, 2.45) is 11.8 Å². The molecule has 2 aliphatic heterocycles. The maximum atomic E-state index is 13.5. The largest absolute Gasteiger partial charge is 0.460 e. The van der Waals surface area contributed by atoms with Crippen LogP contribution in [0.15, 0.2) is 84.9 Å². The Morgan fingerprint density at radius 1 is 0.854 bits per heavy atom. The summed E-state index contributed by atoms with van der Waals surface area (Å²) >= 11 is 0. The summed E-state index contributed by atoms with van der Waals surface area (Å²) in [6.45, 7) is 3.64. The van der Waals surface area contributed by atoms with Gasteiger partial charge in [0.15, 0.2) is 6.29 Å². The van der Waals surface area contributed by atoms with Gasteiger partial charge < -0.3 is 29.5 Å². The van der Waals surface area contributed by atoms with E-state index in [1.165, 1.54) is 0 Å². The third-order valence-electron chi connectivity index (χ3n) is 8.48. The molecule has 2 N–H and O–H groups in total. The summed E-state index contributed by atoms with van der Waals surface area (Å²) in [4.78, 5) is 28.4. The monoisotopic (exact) mass is 556 g/mol. The molecule has 6 rings (SSSR count). The van der Waals surface area contributed by atoms with E-state index in [-0.39, 0.29) is 18.3 Å². The second kappa shape index (κ2) is 12.1. The fourth-order valence-electron chi connectivity index (χ4n) is 6.38. The molecule has 214 valence electrons. The minimum atomic E-state index is -1.86. The maximum absolute atomic E-state index is 13.5. The van der Waals surface area contributed by atoms with Crippen molar-refractivity contribution in [3.05, 3.63) is 102 Å². The fraction of sp³-hybridized carbons (Fsp3) is 0.394. The van der Waals surface area contributed by atoms with Gasteiger partial charge in [0.2, 0.25) is 11.5 Å². The summed E-state index contributed by atoms with van der Waals surface area (Å²) in [6.07, 6.45) is 1.38. The van der Waals surface area contributed by atoms with Crippen molar-refractivity contribution < 1.29 is 28.9 Å². The highest BCUT2D eigenvalue weighted by Gasteiger charge is 2.46. The highest BCUT2D eigenvalue weighted by molar-refractivity contribution is 5.90. The number of benzene rings is 3. The number of likely N-dealkylation sites (tertiary alicyclic amines) is 1. The molecule has 3 aliphatic rings. The first-order valence-corrected chi connectivity index (χ1v) is 14.4. The smallest absolute Gasteiger partial charge is 0.347 e. The summed E-state index contributed by atoms with van der Waals surface area (Å²) in [5, 5.41) is 14.7. The standard InChI is InChI=1S/C33H36N2O6/c36-30(34-28-13-11-23(12-14-28)31-39-17-18-40-31)15-16-35-21-24-19-29(20-25(24)22-35)41-32(37)33(38,26-7-3-1-4-8-26)27-9-5-2-6-10-27/h1-14,24-25,29,31,38H,15-22H2,(H,34,36). The van der Waals surface area contributed by atoms with E-state index in [0.29, 0.717) is 49.1 Å². The molecule has 0 radical (unpaired) electrons. The summed E-state index contributed by atoms with van der Waals surface area (Å²) in [5.41, 5.74) is 0.819. The van der Waals surface area contributed by atoms with Crippen molar-refractivity contribution in [2.45, 2.75) is 37.3 Å². The SMILES string of the molecule is O=C(CCN1CC2CC(OC(=O)C(O)(c3ccccc3)c3ccccc3)CC2C1)Nc1ccc(C2OCCO2)cc1. The number of esters is 1. The van der Waals surface area contributed by atoms with Crippen LogP contribution in [0.2, 0.25) is 0 Å². The minimum Gasteiger partial charge on any atom is -0.460 e. The molecule has 0 bridgehead atoms. The van der Waals surface area contributed by atoms with E-state index >= 15 is 0 Å². The highest BCUT2D eigenvalue weighted by atomic mass is 16.7. The van der Waals surface area contributed by atoms with Crippen molar-refractivity contribution in [3.8, 4) is 0 Å². The van der Waals surface area contributed by atoms with Gasteiger partial charge in [-0.25, -0.2) is 4.79 Å². The van der Waals surface area contributed by atoms with E-state index in [4.69, 9.17) is 14.2 Å². The molecule has 1 saturated carbocycles. The quantitative estimate of drug-likeness (QED) is 0.381.